The molecule has 3 heteroatoms. The molecular formula is C28H36O3. The van der Waals surface area contributed by atoms with Gasteiger partial charge in [-0.15, -0.1) is 0 Å². The first-order valence-electron chi connectivity index (χ1n) is 11.2. The van der Waals surface area contributed by atoms with Crippen molar-refractivity contribution in [2.45, 2.75) is 85.0 Å². The lowest BCUT2D eigenvalue weighted by atomic mass is 9.80. The molecule has 0 spiro atoms. The van der Waals surface area contributed by atoms with E-state index in [9.17, 15) is 9.59 Å². The molecule has 3 rings (SSSR count). The van der Waals surface area contributed by atoms with Gasteiger partial charge in [-0.3, -0.25) is 9.59 Å². The Hall–Kier alpha value is -2.42. The zero-order chi connectivity index (χ0) is 23.1. The summed E-state index contributed by atoms with van der Waals surface area (Å²) < 4.78 is 5.72. The molecule has 0 unspecified atom stereocenters. The Labute approximate surface area is 187 Å². The minimum atomic E-state index is -0.0819. The maximum absolute atomic E-state index is 13.2. The number of benzene rings is 2. The topological polar surface area (TPSA) is 43.4 Å². The smallest absolute Gasteiger partial charge is 0.141 e. The van der Waals surface area contributed by atoms with Gasteiger partial charge in [-0.2, -0.15) is 0 Å². The lowest BCUT2D eigenvalue weighted by Gasteiger charge is -2.25. The number of fused-ring (bicyclic) bond motifs is 4. The van der Waals surface area contributed by atoms with E-state index in [-0.39, 0.29) is 22.4 Å². The van der Waals surface area contributed by atoms with E-state index in [2.05, 4.69) is 65.8 Å². The molecule has 1 aliphatic carbocycles. The van der Waals surface area contributed by atoms with Crippen LogP contribution >= 0.6 is 0 Å². The Balaban J connectivity index is 2.18. The third kappa shape index (κ3) is 5.08. The lowest BCUT2D eigenvalue weighted by Crippen LogP contribution is -2.19. The minimum Gasteiger partial charge on any atom is -0.496 e. The van der Waals surface area contributed by atoms with Gasteiger partial charge in [0.05, 0.1) is 7.11 Å². The molecule has 0 amide bonds. The van der Waals surface area contributed by atoms with Crippen molar-refractivity contribution >= 4 is 11.6 Å². The Bertz CT molecular complexity index is 967. The second kappa shape index (κ2) is 8.26. The maximum Gasteiger partial charge on any atom is 0.141 e. The quantitative estimate of drug-likeness (QED) is 0.601. The van der Waals surface area contributed by atoms with Gasteiger partial charge in [-0.25, -0.2) is 0 Å². The second-order valence-electron chi connectivity index (χ2n) is 11.0. The SMILES string of the molecule is COc1c2cc(C(C)(C)C)cc1CC(=O)Cc1cc(C(C)(C)C)cc(c1C)CC(=O)C2. The van der Waals surface area contributed by atoms with Crippen LogP contribution in [0.1, 0.15) is 80.5 Å². The molecule has 0 atom stereocenters. The van der Waals surface area contributed by atoms with E-state index in [1.165, 1.54) is 5.56 Å². The number of ketones is 2. The standard InChI is InChI=1S/C28H36O3/c1-17-18-9-22(27(2,3)4)10-19(17)14-25(30)16-21-12-23(28(5,6)7)11-20(26(21)31-8)15-24(29)13-18/h9-12H,13-16H2,1-8H3. The summed E-state index contributed by atoms with van der Waals surface area (Å²) in [7, 11) is 1.63. The Morgan fingerprint density at radius 1 is 0.645 bits per heavy atom. The zero-order valence-corrected chi connectivity index (χ0v) is 20.4. The van der Waals surface area contributed by atoms with Crippen molar-refractivity contribution in [2.24, 2.45) is 0 Å². The molecule has 2 aromatic rings. The number of ether oxygens (including phenoxy) is 1. The number of rotatable bonds is 1. The van der Waals surface area contributed by atoms with Crippen molar-refractivity contribution in [3.05, 3.63) is 63.2 Å². The third-order valence-electron chi connectivity index (χ3n) is 6.35. The van der Waals surface area contributed by atoms with Crippen LogP contribution in [-0.4, -0.2) is 18.7 Å². The first-order valence-corrected chi connectivity index (χ1v) is 11.2. The highest BCUT2D eigenvalue weighted by atomic mass is 16.5. The molecule has 3 nitrogen and oxygen atoms in total. The summed E-state index contributed by atoms with van der Waals surface area (Å²) in [5.41, 5.74) is 7.07. The van der Waals surface area contributed by atoms with Crippen molar-refractivity contribution in [1.82, 2.24) is 0 Å². The molecule has 0 aliphatic heterocycles. The number of carbonyl (C=O) groups excluding carboxylic acids is 2. The lowest BCUT2D eigenvalue weighted by molar-refractivity contribution is -0.118. The highest BCUT2D eigenvalue weighted by Gasteiger charge is 2.25. The molecule has 0 fully saturated rings. The van der Waals surface area contributed by atoms with Crippen LogP contribution in [0, 0.1) is 6.92 Å². The van der Waals surface area contributed by atoms with Gasteiger partial charge in [-0.1, -0.05) is 65.8 Å². The largest absolute Gasteiger partial charge is 0.496 e. The van der Waals surface area contributed by atoms with Gasteiger partial charge in [-0.05, 0) is 45.6 Å². The molecule has 0 saturated heterocycles. The van der Waals surface area contributed by atoms with Crippen LogP contribution in [0.4, 0.5) is 0 Å². The summed E-state index contributed by atoms with van der Waals surface area (Å²) in [6.07, 6.45) is 1.36. The normalized spacial score (nSPS) is 15.4. The van der Waals surface area contributed by atoms with Crippen molar-refractivity contribution in [2.75, 3.05) is 7.11 Å². The Morgan fingerprint density at radius 3 is 1.29 bits per heavy atom. The molecule has 166 valence electrons. The molecule has 2 aromatic carbocycles. The van der Waals surface area contributed by atoms with Crippen LogP contribution in [0.2, 0.25) is 0 Å². The van der Waals surface area contributed by atoms with E-state index in [4.69, 9.17) is 4.74 Å². The van der Waals surface area contributed by atoms with Crippen LogP contribution in [0.3, 0.4) is 0 Å². The van der Waals surface area contributed by atoms with Crippen LogP contribution in [-0.2, 0) is 46.1 Å². The van der Waals surface area contributed by atoms with Crippen LogP contribution in [0.15, 0.2) is 24.3 Å². The Kier molecular flexibility index (Phi) is 6.19. The summed E-state index contributed by atoms with van der Waals surface area (Å²) in [4.78, 5) is 26.4. The fourth-order valence-corrected chi connectivity index (χ4v) is 4.33. The van der Waals surface area contributed by atoms with E-state index in [0.717, 1.165) is 33.4 Å². The van der Waals surface area contributed by atoms with Crippen LogP contribution in [0.5, 0.6) is 5.75 Å². The van der Waals surface area contributed by atoms with Gasteiger partial charge in [0.1, 0.15) is 17.3 Å². The zero-order valence-electron chi connectivity index (χ0n) is 20.4. The van der Waals surface area contributed by atoms with Crippen molar-refractivity contribution in [1.29, 1.82) is 0 Å². The van der Waals surface area contributed by atoms with Gasteiger partial charge >= 0.3 is 0 Å². The first kappa shape index (κ1) is 23.2. The summed E-state index contributed by atoms with van der Waals surface area (Å²) in [5, 5.41) is 0. The molecule has 0 heterocycles. The first-order chi connectivity index (χ1) is 14.3. The molecule has 0 saturated carbocycles. The van der Waals surface area contributed by atoms with Crippen LogP contribution in [0.25, 0.3) is 0 Å². The molecule has 31 heavy (non-hydrogen) atoms. The summed E-state index contributed by atoms with van der Waals surface area (Å²) >= 11 is 0. The fourth-order valence-electron chi connectivity index (χ4n) is 4.33. The van der Waals surface area contributed by atoms with Gasteiger partial charge in [0.2, 0.25) is 0 Å². The number of Topliss-reactive ketones (excluding diaryl/α,β-unsaturated/α-hetero) is 2. The van der Waals surface area contributed by atoms with E-state index >= 15 is 0 Å². The fraction of sp³-hybridized carbons (Fsp3) is 0.500. The van der Waals surface area contributed by atoms with E-state index in [0.29, 0.717) is 31.4 Å². The van der Waals surface area contributed by atoms with Gasteiger partial charge in [0.25, 0.3) is 0 Å². The van der Waals surface area contributed by atoms with Crippen molar-refractivity contribution in [3.8, 4) is 5.75 Å². The predicted molar refractivity (Wildman–Crippen MR) is 126 cm³/mol. The highest BCUT2D eigenvalue weighted by Crippen LogP contribution is 2.34. The molecule has 4 bridgehead atoms. The number of hydrogen-bond donors (Lipinski definition) is 0. The molecule has 0 N–H and O–H groups in total. The van der Waals surface area contributed by atoms with Gasteiger partial charge in [0, 0.05) is 36.8 Å². The Morgan fingerprint density at radius 2 is 0.968 bits per heavy atom. The van der Waals surface area contributed by atoms with Crippen molar-refractivity contribution in [3.63, 3.8) is 0 Å². The van der Waals surface area contributed by atoms with Gasteiger partial charge in [0.15, 0.2) is 0 Å². The average molecular weight is 421 g/mol. The molecule has 0 aromatic heterocycles. The van der Waals surface area contributed by atoms with E-state index in [1.807, 2.05) is 6.92 Å². The summed E-state index contributed by atoms with van der Waals surface area (Å²) in [6.45, 7) is 15.0. The highest BCUT2D eigenvalue weighted by molar-refractivity contribution is 5.87. The summed E-state index contributed by atoms with van der Waals surface area (Å²) in [6, 6.07) is 8.48. The predicted octanol–water partition coefficient (Wildman–Crippen LogP) is 5.62. The summed E-state index contributed by atoms with van der Waals surface area (Å²) in [5.74, 6) is 1.02. The average Bonchev–Trinajstić information content (AvgIpc) is 2.62. The number of methoxy groups -OCH3 is 1. The maximum atomic E-state index is 13.2. The second-order valence-corrected chi connectivity index (χ2v) is 11.0. The molecule has 0 radical (unpaired) electrons. The number of hydrogen-bond acceptors (Lipinski definition) is 3. The third-order valence-corrected chi connectivity index (χ3v) is 6.35. The van der Waals surface area contributed by atoms with E-state index < -0.39 is 0 Å². The van der Waals surface area contributed by atoms with Gasteiger partial charge < -0.3 is 4.74 Å². The van der Waals surface area contributed by atoms with Crippen LogP contribution < -0.4 is 4.74 Å². The van der Waals surface area contributed by atoms with Crippen molar-refractivity contribution < 1.29 is 14.3 Å². The molecule has 1 aliphatic rings. The van der Waals surface area contributed by atoms with E-state index in [1.54, 1.807) is 7.11 Å². The minimum absolute atomic E-state index is 0.0461. The monoisotopic (exact) mass is 420 g/mol. The number of carbonyl (C=O) groups is 2. The molecular weight excluding hydrogens is 384 g/mol.